The lowest BCUT2D eigenvalue weighted by atomic mass is 10.1. The second-order valence-corrected chi connectivity index (χ2v) is 5.70. The van der Waals surface area contributed by atoms with E-state index >= 15 is 0 Å². The van der Waals surface area contributed by atoms with E-state index in [1.54, 1.807) is 6.07 Å². The molecule has 0 aromatic heterocycles. The quantitative estimate of drug-likeness (QED) is 0.297. The van der Waals surface area contributed by atoms with Crippen LogP contribution in [0.25, 0.3) is 0 Å². The van der Waals surface area contributed by atoms with E-state index in [9.17, 15) is 14.4 Å². The zero-order valence-electron chi connectivity index (χ0n) is 13.4. The molecule has 0 N–H and O–H groups in total. The van der Waals surface area contributed by atoms with Gasteiger partial charge in [-0.2, -0.15) is 0 Å². The van der Waals surface area contributed by atoms with E-state index in [1.807, 2.05) is 0 Å². The zero-order valence-corrected chi connectivity index (χ0v) is 13.4. The summed E-state index contributed by atoms with van der Waals surface area (Å²) in [6.07, 6.45) is 8.11. The normalized spacial score (nSPS) is 12.9. The van der Waals surface area contributed by atoms with Crippen molar-refractivity contribution >= 4 is 17.9 Å². The minimum Gasteiger partial charge on any atom is -0.426 e. The molecule has 2 rings (SSSR count). The summed E-state index contributed by atoms with van der Waals surface area (Å²) in [6.45, 7) is 2.18. The topological polar surface area (TPSA) is 69.7 Å². The summed E-state index contributed by atoms with van der Waals surface area (Å²) >= 11 is 0. The Balaban J connectivity index is 1.79. The van der Waals surface area contributed by atoms with Crippen LogP contribution in [0.5, 0.6) is 5.75 Å². The minimum atomic E-state index is -0.760. The highest BCUT2D eigenvalue weighted by molar-refractivity contribution is 6.16. The Labute approximate surface area is 136 Å². The van der Waals surface area contributed by atoms with Gasteiger partial charge in [-0.3, -0.25) is 4.79 Å². The summed E-state index contributed by atoms with van der Waals surface area (Å²) in [7, 11) is 0. The van der Waals surface area contributed by atoms with Gasteiger partial charge < -0.3 is 9.47 Å². The monoisotopic (exact) mass is 318 g/mol. The third-order valence-electron chi connectivity index (χ3n) is 3.84. The standard InChI is InChI=1S/C18H22O5/c1-2-3-4-5-6-7-8-12-15(19)22-14-11-9-10-13-16(14)18(21)23-17(13)20/h9-11H,2-8,12H2,1H3. The Morgan fingerprint density at radius 3 is 2.43 bits per heavy atom. The summed E-state index contributed by atoms with van der Waals surface area (Å²) < 4.78 is 9.76. The molecule has 0 saturated heterocycles. The zero-order chi connectivity index (χ0) is 16.7. The molecule has 0 radical (unpaired) electrons. The van der Waals surface area contributed by atoms with E-state index < -0.39 is 11.9 Å². The highest BCUT2D eigenvalue weighted by Gasteiger charge is 2.33. The van der Waals surface area contributed by atoms with Crippen molar-refractivity contribution in [2.45, 2.75) is 58.3 Å². The molecule has 0 saturated carbocycles. The SMILES string of the molecule is CCCCCCCCCC(=O)Oc1cccc2c1C(=O)OC2=O. The van der Waals surface area contributed by atoms with Crippen molar-refractivity contribution in [1.29, 1.82) is 0 Å². The fourth-order valence-corrected chi connectivity index (χ4v) is 2.59. The lowest BCUT2D eigenvalue weighted by Crippen LogP contribution is -2.10. The van der Waals surface area contributed by atoms with Crippen molar-refractivity contribution in [2.24, 2.45) is 0 Å². The molecular weight excluding hydrogens is 296 g/mol. The summed E-state index contributed by atoms with van der Waals surface area (Å²) in [5.74, 6) is -1.75. The predicted octanol–water partition coefficient (Wildman–Crippen LogP) is 4.04. The molecule has 1 heterocycles. The number of carbonyl (C=O) groups is 3. The Bertz CT molecular complexity index is 591. The van der Waals surface area contributed by atoms with Gasteiger partial charge in [0.1, 0.15) is 11.3 Å². The molecule has 0 amide bonds. The fraction of sp³-hybridized carbons (Fsp3) is 0.500. The first kappa shape index (κ1) is 17.2. The molecule has 23 heavy (non-hydrogen) atoms. The molecule has 1 aliphatic heterocycles. The number of unbranched alkanes of at least 4 members (excludes halogenated alkanes) is 6. The maximum absolute atomic E-state index is 11.9. The fourth-order valence-electron chi connectivity index (χ4n) is 2.59. The van der Waals surface area contributed by atoms with Crippen LogP contribution in [-0.4, -0.2) is 17.9 Å². The maximum atomic E-state index is 11.9. The van der Waals surface area contributed by atoms with Gasteiger partial charge in [0, 0.05) is 6.42 Å². The molecule has 0 aliphatic carbocycles. The number of esters is 3. The Morgan fingerprint density at radius 2 is 1.70 bits per heavy atom. The average Bonchev–Trinajstić information content (AvgIpc) is 2.82. The van der Waals surface area contributed by atoms with Crippen LogP contribution in [-0.2, 0) is 9.53 Å². The summed E-state index contributed by atoms with van der Waals surface area (Å²) in [4.78, 5) is 35.0. The molecule has 5 heteroatoms. The van der Waals surface area contributed by atoms with Gasteiger partial charge in [0.2, 0.25) is 0 Å². The summed E-state index contributed by atoms with van der Waals surface area (Å²) in [5, 5.41) is 0. The van der Waals surface area contributed by atoms with Crippen LogP contribution in [0.15, 0.2) is 18.2 Å². The van der Waals surface area contributed by atoms with Gasteiger partial charge in [-0.05, 0) is 18.6 Å². The van der Waals surface area contributed by atoms with Gasteiger partial charge in [-0.1, -0.05) is 51.5 Å². The lowest BCUT2D eigenvalue weighted by molar-refractivity contribution is -0.134. The van der Waals surface area contributed by atoms with Crippen LogP contribution in [0, 0.1) is 0 Å². The number of hydrogen-bond donors (Lipinski definition) is 0. The molecule has 0 bridgehead atoms. The van der Waals surface area contributed by atoms with Gasteiger partial charge in [0.05, 0.1) is 5.56 Å². The summed E-state index contributed by atoms with van der Waals surface area (Å²) in [6, 6.07) is 4.55. The second kappa shape index (κ2) is 8.46. The van der Waals surface area contributed by atoms with E-state index in [0.717, 1.165) is 19.3 Å². The van der Waals surface area contributed by atoms with Crippen molar-refractivity contribution in [3.63, 3.8) is 0 Å². The Hall–Kier alpha value is -2.17. The first-order chi connectivity index (χ1) is 11.1. The van der Waals surface area contributed by atoms with Crippen LogP contribution in [0.1, 0.15) is 79.0 Å². The number of fused-ring (bicyclic) bond motifs is 1. The number of cyclic esters (lactones) is 2. The molecule has 0 atom stereocenters. The number of rotatable bonds is 9. The van der Waals surface area contributed by atoms with Crippen LogP contribution in [0.2, 0.25) is 0 Å². The third-order valence-corrected chi connectivity index (χ3v) is 3.84. The van der Waals surface area contributed by atoms with Gasteiger partial charge in [0.15, 0.2) is 0 Å². The van der Waals surface area contributed by atoms with Crippen molar-refractivity contribution in [1.82, 2.24) is 0 Å². The molecule has 0 unspecified atom stereocenters. The maximum Gasteiger partial charge on any atom is 0.350 e. The van der Waals surface area contributed by atoms with Gasteiger partial charge in [0.25, 0.3) is 0 Å². The van der Waals surface area contributed by atoms with Crippen LogP contribution in [0.4, 0.5) is 0 Å². The molecule has 0 spiro atoms. The van der Waals surface area contributed by atoms with Crippen molar-refractivity contribution in [3.05, 3.63) is 29.3 Å². The largest absolute Gasteiger partial charge is 0.426 e. The molecule has 0 fully saturated rings. The molecule has 5 nitrogen and oxygen atoms in total. The number of hydrogen-bond acceptors (Lipinski definition) is 5. The number of benzene rings is 1. The predicted molar refractivity (Wildman–Crippen MR) is 84.4 cm³/mol. The molecule has 1 aromatic rings. The van der Waals surface area contributed by atoms with Crippen molar-refractivity contribution in [3.8, 4) is 5.75 Å². The highest BCUT2D eigenvalue weighted by atomic mass is 16.6. The second-order valence-electron chi connectivity index (χ2n) is 5.70. The van der Waals surface area contributed by atoms with E-state index in [-0.39, 0.29) is 22.8 Å². The number of carbonyl (C=O) groups excluding carboxylic acids is 3. The molecule has 1 aromatic carbocycles. The summed E-state index contributed by atoms with van der Waals surface area (Å²) in [5.41, 5.74) is 0.196. The van der Waals surface area contributed by atoms with Gasteiger partial charge in [-0.15, -0.1) is 0 Å². The first-order valence-corrected chi connectivity index (χ1v) is 8.23. The van der Waals surface area contributed by atoms with Crippen LogP contribution < -0.4 is 4.74 Å². The van der Waals surface area contributed by atoms with E-state index in [2.05, 4.69) is 11.7 Å². The lowest BCUT2D eigenvalue weighted by Gasteiger charge is -2.06. The minimum absolute atomic E-state index is 0.0467. The molecule has 124 valence electrons. The highest BCUT2D eigenvalue weighted by Crippen LogP contribution is 2.29. The van der Waals surface area contributed by atoms with Gasteiger partial charge >= 0.3 is 17.9 Å². The molecule has 1 aliphatic rings. The Kier molecular flexibility index (Phi) is 6.32. The Morgan fingerprint density at radius 1 is 1.00 bits per heavy atom. The smallest absolute Gasteiger partial charge is 0.350 e. The van der Waals surface area contributed by atoms with Crippen LogP contribution in [0.3, 0.4) is 0 Å². The number of ether oxygens (including phenoxy) is 2. The van der Waals surface area contributed by atoms with Gasteiger partial charge in [-0.25, -0.2) is 9.59 Å². The van der Waals surface area contributed by atoms with Crippen molar-refractivity contribution < 1.29 is 23.9 Å². The first-order valence-electron chi connectivity index (χ1n) is 8.23. The molecular formula is C18H22O5. The van der Waals surface area contributed by atoms with Crippen molar-refractivity contribution in [2.75, 3.05) is 0 Å². The van der Waals surface area contributed by atoms with E-state index in [1.165, 1.54) is 37.8 Å². The van der Waals surface area contributed by atoms with Crippen LogP contribution >= 0.6 is 0 Å². The van der Waals surface area contributed by atoms with E-state index in [0.29, 0.717) is 6.42 Å². The van der Waals surface area contributed by atoms with E-state index in [4.69, 9.17) is 4.74 Å². The average molecular weight is 318 g/mol. The third kappa shape index (κ3) is 4.65.